The highest BCUT2D eigenvalue weighted by Gasteiger charge is 2.25. The average Bonchev–Trinajstić information content (AvgIpc) is 3.31. The molecule has 1 N–H and O–H groups in total. The predicted octanol–water partition coefficient (Wildman–Crippen LogP) is 3.03. The van der Waals surface area contributed by atoms with E-state index in [1.54, 1.807) is 6.20 Å². The molecule has 0 spiro atoms. The number of carbonyl (C=O) groups is 1. The van der Waals surface area contributed by atoms with Gasteiger partial charge in [-0.1, -0.05) is 0 Å². The maximum atomic E-state index is 12.7. The second-order valence-electron chi connectivity index (χ2n) is 6.39. The standard InChI is InChI=1S/C18H21N3O3S.ClH/c1-19-9-12-4-6-21(7-5-12)18(22)16-10-20-17(25-16)13-2-3-14-15(8-13)24-11-23-14;/h2-3,8,10,12,19H,4-7,9,11H2,1H3;1H. The van der Waals surface area contributed by atoms with Crippen molar-refractivity contribution in [2.45, 2.75) is 12.8 Å². The minimum absolute atomic E-state index is 0. The summed E-state index contributed by atoms with van der Waals surface area (Å²) in [6.45, 7) is 2.92. The number of benzene rings is 1. The Hall–Kier alpha value is -1.83. The van der Waals surface area contributed by atoms with Crippen LogP contribution in [0, 0.1) is 5.92 Å². The van der Waals surface area contributed by atoms with E-state index in [1.165, 1.54) is 11.3 Å². The van der Waals surface area contributed by atoms with Crippen molar-refractivity contribution in [3.63, 3.8) is 0 Å². The molecule has 1 aromatic carbocycles. The third kappa shape index (κ3) is 3.79. The summed E-state index contributed by atoms with van der Waals surface area (Å²) in [6, 6.07) is 5.75. The van der Waals surface area contributed by atoms with Crippen LogP contribution in [0.4, 0.5) is 0 Å². The Labute approximate surface area is 162 Å². The van der Waals surface area contributed by atoms with Gasteiger partial charge in [-0.25, -0.2) is 4.98 Å². The molecule has 6 nitrogen and oxygen atoms in total. The monoisotopic (exact) mass is 395 g/mol. The molecule has 8 heteroatoms. The van der Waals surface area contributed by atoms with E-state index in [1.807, 2.05) is 30.1 Å². The van der Waals surface area contributed by atoms with Gasteiger partial charge < -0.3 is 19.7 Å². The highest BCUT2D eigenvalue weighted by Crippen LogP contribution is 2.37. The zero-order valence-corrected chi connectivity index (χ0v) is 16.2. The van der Waals surface area contributed by atoms with Crippen LogP contribution >= 0.6 is 23.7 Å². The van der Waals surface area contributed by atoms with Gasteiger partial charge in [0.2, 0.25) is 6.79 Å². The Bertz CT molecular complexity index is 775. The molecule has 2 aromatic rings. The summed E-state index contributed by atoms with van der Waals surface area (Å²) < 4.78 is 10.7. The molecule has 0 saturated carbocycles. The number of fused-ring (bicyclic) bond motifs is 1. The predicted molar refractivity (Wildman–Crippen MR) is 103 cm³/mol. The molecule has 1 aromatic heterocycles. The maximum absolute atomic E-state index is 12.7. The van der Waals surface area contributed by atoms with Crippen LogP contribution in [0.15, 0.2) is 24.4 Å². The van der Waals surface area contributed by atoms with Crippen LogP contribution in [0.5, 0.6) is 11.5 Å². The molecule has 1 amide bonds. The van der Waals surface area contributed by atoms with E-state index in [4.69, 9.17) is 9.47 Å². The lowest BCUT2D eigenvalue weighted by Gasteiger charge is -2.31. The summed E-state index contributed by atoms with van der Waals surface area (Å²) in [7, 11) is 1.98. The van der Waals surface area contributed by atoms with E-state index in [0.717, 1.165) is 54.5 Å². The Morgan fingerprint density at radius 1 is 1.31 bits per heavy atom. The lowest BCUT2D eigenvalue weighted by molar-refractivity contribution is 0.0695. The second kappa shape index (κ2) is 8.24. The fraction of sp³-hybridized carbons (Fsp3) is 0.444. The summed E-state index contributed by atoms with van der Waals surface area (Å²) in [5.74, 6) is 2.24. The molecule has 1 fully saturated rings. The number of halogens is 1. The number of likely N-dealkylation sites (tertiary alicyclic amines) is 1. The van der Waals surface area contributed by atoms with Crippen LogP contribution in [0.3, 0.4) is 0 Å². The number of aromatic nitrogens is 1. The van der Waals surface area contributed by atoms with E-state index in [2.05, 4.69) is 10.3 Å². The third-order valence-electron chi connectivity index (χ3n) is 4.73. The molecule has 26 heavy (non-hydrogen) atoms. The molecular formula is C18H22ClN3O3S. The van der Waals surface area contributed by atoms with Crippen molar-refractivity contribution in [1.82, 2.24) is 15.2 Å². The molecular weight excluding hydrogens is 374 g/mol. The minimum Gasteiger partial charge on any atom is -0.454 e. The van der Waals surface area contributed by atoms with Crippen molar-refractivity contribution in [2.24, 2.45) is 5.92 Å². The number of rotatable bonds is 4. The first-order valence-corrected chi connectivity index (χ1v) is 9.36. The Morgan fingerprint density at radius 3 is 2.85 bits per heavy atom. The van der Waals surface area contributed by atoms with Gasteiger partial charge in [0.05, 0.1) is 6.20 Å². The molecule has 1 saturated heterocycles. The van der Waals surface area contributed by atoms with Crippen molar-refractivity contribution < 1.29 is 14.3 Å². The van der Waals surface area contributed by atoms with Crippen LogP contribution in [-0.4, -0.2) is 49.3 Å². The van der Waals surface area contributed by atoms with Gasteiger partial charge in [0.1, 0.15) is 9.88 Å². The Kier molecular flexibility index (Phi) is 6.01. The van der Waals surface area contributed by atoms with Gasteiger partial charge in [-0.05, 0) is 50.6 Å². The highest BCUT2D eigenvalue weighted by atomic mass is 35.5. The molecule has 0 aliphatic carbocycles. The molecule has 0 radical (unpaired) electrons. The largest absolute Gasteiger partial charge is 0.454 e. The van der Waals surface area contributed by atoms with Gasteiger partial charge in [-0.3, -0.25) is 4.79 Å². The number of ether oxygens (including phenoxy) is 2. The highest BCUT2D eigenvalue weighted by molar-refractivity contribution is 7.16. The summed E-state index contributed by atoms with van der Waals surface area (Å²) in [6.07, 6.45) is 3.80. The van der Waals surface area contributed by atoms with Crippen LogP contribution < -0.4 is 14.8 Å². The molecule has 0 bridgehead atoms. The Morgan fingerprint density at radius 2 is 2.08 bits per heavy atom. The maximum Gasteiger partial charge on any atom is 0.265 e. The van der Waals surface area contributed by atoms with E-state index < -0.39 is 0 Å². The first-order valence-electron chi connectivity index (χ1n) is 8.54. The van der Waals surface area contributed by atoms with Gasteiger partial charge in [-0.2, -0.15) is 0 Å². The summed E-state index contributed by atoms with van der Waals surface area (Å²) in [5, 5.41) is 4.05. The number of thiazole rings is 1. The first kappa shape index (κ1) is 18.9. The molecule has 3 heterocycles. The van der Waals surface area contributed by atoms with Crippen molar-refractivity contribution in [3.05, 3.63) is 29.3 Å². The van der Waals surface area contributed by atoms with Gasteiger partial charge in [0, 0.05) is 18.7 Å². The molecule has 2 aliphatic heterocycles. The van der Waals surface area contributed by atoms with Crippen molar-refractivity contribution in [1.29, 1.82) is 0 Å². The summed E-state index contributed by atoms with van der Waals surface area (Å²) in [4.78, 5) is 19.8. The van der Waals surface area contributed by atoms with Crippen LogP contribution in [-0.2, 0) is 0 Å². The van der Waals surface area contributed by atoms with Crippen LogP contribution in [0.2, 0.25) is 0 Å². The van der Waals surface area contributed by atoms with E-state index in [-0.39, 0.29) is 25.1 Å². The van der Waals surface area contributed by atoms with Crippen LogP contribution in [0.25, 0.3) is 10.6 Å². The number of nitrogens with one attached hydrogen (secondary N) is 1. The minimum atomic E-state index is 0. The molecule has 0 unspecified atom stereocenters. The SMILES string of the molecule is CNCC1CCN(C(=O)c2cnc(-c3ccc4c(c3)OCO4)s2)CC1.Cl. The quantitative estimate of drug-likeness (QED) is 0.862. The molecule has 0 atom stereocenters. The molecule has 2 aliphatic rings. The average molecular weight is 396 g/mol. The lowest BCUT2D eigenvalue weighted by Crippen LogP contribution is -2.40. The second-order valence-corrected chi connectivity index (χ2v) is 7.42. The van der Waals surface area contributed by atoms with E-state index >= 15 is 0 Å². The number of nitrogens with zero attached hydrogens (tertiary/aromatic N) is 2. The smallest absolute Gasteiger partial charge is 0.265 e. The topological polar surface area (TPSA) is 63.7 Å². The van der Waals surface area contributed by atoms with Gasteiger partial charge in [0.25, 0.3) is 5.91 Å². The Balaban J connectivity index is 0.00000196. The van der Waals surface area contributed by atoms with Gasteiger partial charge in [0.15, 0.2) is 11.5 Å². The fourth-order valence-corrected chi connectivity index (χ4v) is 4.20. The molecule has 4 rings (SSSR count). The van der Waals surface area contributed by atoms with Crippen molar-refractivity contribution >= 4 is 29.7 Å². The van der Waals surface area contributed by atoms with Gasteiger partial charge in [-0.15, -0.1) is 23.7 Å². The summed E-state index contributed by atoms with van der Waals surface area (Å²) in [5.41, 5.74) is 0.945. The van der Waals surface area contributed by atoms with Crippen molar-refractivity contribution in [2.75, 3.05) is 33.5 Å². The number of hydrogen-bond acceptors (Lipinski definition) is 6. The third-order valence-corrected chi connectivity index (χ3v) is 5.76. The number of hydrogen-bond donors (Lipinski definition) is 1. The number of piperidine rings is 1. The lowest BCUT2D eigenvalue weighted by atomic mass is 9.97. The summed E-state index contributed by atoms with van der Waals surface area (Å²) >= 11 is 1.43. The first-order chi connectivity index (χ1) is 12.2. The number of amides is 1. The van der Waals surface area contributed by atoms with Crippen LogP contribution in [0.1, 0.15) is 22.5 Å². The molecule has 140 valence electrons. The van der Waals surface area contributed by atoms with E-state index in [9.17, 15) is 4.79 Å². The van der Waals surface area contributed by atoms with Gasteiger partial charge >= 0.3 is 0 Å². The van der Waals surface area contributed by atoms with E-state index in [0.29, 0.717) is 10.8 Å². The zero-order chi connectivity index (χ0) is 17.2. The normalized spacial score (nSPS) is 16.4. The zero-order valence-electron chi connectivity index (χ0n) is 14.6. The number of carbonyl (C=O) groups excluding carboxylic acids is 1. The van der Waals surface area contributed by atoms with Crippen molar-refractivity contribution in [3.8, 4) is 22.1 Å². The fourth-order valence-electron chi connectivity index (χ4n) is 3.32.